The van der Waals surface area contributed by atoms with E-state index in [1.807, 2.05) is 26.0 Å². The number of carbonyl (C=O) groups excluding carboxylic acids is 1. The van der Waals surface area contributed by atoms with E-state index in [1.165, 1.54) is 6.20 Å². The summed E-state index contributed by atoms with van der Waals surface area (Å²) in [6.45, 7) is 1.28. The lowest BCUT2D eigenvalue weighted by Gasteiger charge is -2.36. The summed E-state index contributed by atoms with van der Waals surface area (Å²) >= 11 is 0. The Labute approximate surface area is 175 Å². The zero-order valence-corrected chi connectivity index (χ0v) is 16.7. The zero-order chi connectivity index (χ0) is 23.1. The molecule has 1 aliphatic rings. The number of nitrogens with zero attached hydrogens (tertiary/aromatic N) is 3. The molecule has 152 valence electrons. The summed E-state index contributed by atoms with van der Waals surface area (Å²) in [4.78, 5) is 17.1. The van der Waals surface area contributed by atoms with Gasteiger partial charge in [0, 0.05) is 28.7 Å². The monoisotopic (exact) mass is 395 g/mol. The molecule has 1 amide bonds. The van der Waals surface area contributed by atoms with Gasteiger partial charge < -0.3 is 10.4 Å². The standard InChI is InChI=1S/C23H28N4O2/c1-23(2,29)16-9-11-17(12-10-16)25-22(28)15-8-13-19(24-14-15)21-18-6-4-5-7-20(18)27(3)26-21/h4-8,13-14,16-17,29H,9-12H2,1-3H3,(H,25,28)/i3D3. The van der Waals surface area contributed by atoms with Crippen molar-refractivity contribution in [1.82, 2.24) is 20.1 Å². The number of para-hydroxylation sites is 1. The Kier molecular flexibility index (Phi) is 4.22. The minimum Gasteiger partial charge on any atom is -0.390 e. The fraction of sp³-hybridized carbons (Fsp3) is 0.435. The Morgan fingerprint density at radius 2 is 1.97 bits per heavy atom. The third-order valence-electron chi connectivity index (χ3n) is 5.92. The van der Waals surface area contributed by atoms with Crippen LogP contribution in [0.15, 0.2) is 42.6 Å². The largest absolute Gasteiger partial charge is 0.390 e. The summed E-state index contributed by atoms with van der Waals surface area (Å²) in [5.41, 5.74) is 1.23. The molecule has 0 aliphatic heterocycles. The number of hydrogen-bond donors (Lipinski definition) is 2. The SMILES string of the molecule is [2H]C([2H])([2H])n1nc(-c2ccc(C(=O)NC3CCC(C(C)(C)O)CC3)cn2)c2ccccc21. The van der Waals surface area contributed by atoms with Crippen LogP contribution in [0.5, 0.6) is 0 Å². The van der Waals surface area contributed by atoms with E-state index >= 15 is 0 Å². The number of hydrogen-bond acceptors (Lipinski definition) is 4. The van der Waals surface area contributed by atoms with Crippen molar-refractivity contribution in [2.75, 3.05) is 0 Å². The van der Waals surface area contributed by atoms with E-state index in [0.717, 1.165) is 30.4 Å². The van der Waals surface area contributed by atoms with Gasteiger partial charge in [-0.05, 0) is 63.6 Å². The second-order valence-electron chi connectivity index (χ2n) is 8.39. The van der Waals surface area contributed by atoms with Gasteiger partial charge in [0.1, 0.15) is 5.69 Å². The number of aromatic nitrogens is 3. The van der Waals surface area contributed by atoms with Gasteiger partial charge in [-0.2, -0.15) is 5.10 Å². The van der Waals surface area contributed by atoms with Crippen LogP contribution in [0.3, 0.4) is 0 Å². The average Bonchev–Trinajstić information content (AvgIpc) is 3.14. The number of aryl methyl sites for hydroxylation is 1. The first kappa shape index (κ1) is 16.1. The van der Waals surface area contributed by atoms with Crippen molar-refractivity contribution >= 4 is 16.8 Å². The molecule has 0 radical (unpaired) electrons. The summed E-state index contributed by atoms with van der Waals surface area (Å²) in [7, 11) is 0. The number of pyridine rings is 1. The molecule has 2 N–H and O–H groups in total. The summed E-state index contributed by atoms with van der Waals surface area (Å²) < 4.78 is 24.2. The van der Waals surface area contributed by atoms with Crippen LogP contribution in [0, 0.1) is 5.92 Å². The van der Waals surface area contributed by atoms with E-state index in [4.69, 9.17) is 4.11 Å². The van der Waals surface area contributed by atoms with E-state index in [-0.39, 0.29) is 17.9 Å². The van der Waals surface area contributed by atoms with Crippen molar-refractivity contribution in [3.63, 3.8) is 0 Å². The highest BCUT2D eigenvalue weighted by Gasteiger charge is 2.31. The Balaban J connectivity index is 1.49. The second-order valence-corrected chi connectivity index (χ2v) is 8.39. The molecule has 0 atom stereocenters. The van der Waals surface area contributed by atoms with Gasteiger partial charge in [-0.15, -0.1) is 0 Å². The predicted octanol–water partition coefficient (Wildman–Crippen LogP) is 3.69. The fourth-order valence-electron chi connectivity index (χ4n) is 4.14. The van der Waals surface area contributed by atoms with Crippen molar-refractivity contribution in [1.29, 1.82) is 0 Å². The summed E-state index contributed by atoms with van der Waals surface area (Å²) in [6.07, 6.45) is 4.93. The van der Waals surface area contributed by atoms with Crippen LogP contribution in [0.25, 0.3) is 22.3 Å². The molecule has 2 heterocycles. The predicted molar refractivity (Wildman–Crippen MR) is 113 cm³/mol. The van der Waals surface area contributed by atoms with Gasteiger partial charge in [0.15, 0.2) is 0 Å². The Morgan fingerprint density at radius 3 is 2.62 bits per heavy atom. The molecule has 6 heteroatoms. The number of nitrogens with one attached hydrogen (secondary N) is 1. The van der Waals surface area contributed by atoms with Gasteiger partial charge >= 0.3 is 0 Å². The van der Waals surface area contributed by atoms with Gasteiger partial charge in [-0.25, -0.2) is 0 Å². The Bertz CT molecular complexity index is 1110. The first-order chi connectivity index (χ1) is 15.0. The third kappa shape index (κ3) is 4.03. The first-order valence-electron chi connectivity index (χ1n) is 11.5. The van der Waals surface area contributed by atoms with Crippen LogP contribution in [0.2, 0.25) is 0 Å². The van der Waals surface area contributed by atoms with Crippen LogP contribution < -0.4 is 5.32 Å². The van der Waals surface area contributed by atoms with Crippen LogP contribution in [-0.2, 0) is 6.98 Å². The lowest BCUT2D eigenvalue weighted by molar-refractivity contribution is -0.00257. The molecule has 0 bridgehead atoms. The lowest BCUT2D eigenvalue weighted by Crippen LogP contribution is -2.41. The molecule has 0 unspecified atom stereocenters. The molecule has 2 aromatic heterocycles. The minimum absolute atomic E-state index is 0.0831. The highest BCUT2D eigenvalue weighted by atomic mass is 16.3. The molecular formula is C23H28N4O2. The smallest absolute Gasteiger partial charge is 0.253 e. The second kappa shape index (κ2) is 7.59. The molecule has 1 saturated carbocycles. The maximum absolute atomic E-state index is 12.7. The quantitative estimate of drug-likeness (QED) is 0.706. The van der Waals surface area contributed by atoms with Crippen LogP contribution in [0.1, 0.15) is 54.0 Å². The number of fused-ring (bicyclic) bond motifs is 1. The molecule has 3 aromatic rings. The lowest BCUT2D eigenvalue weighted by atomic mass is 9.77. The van der Waals surface area contributed by atoms with E-state index < -0.39 is 12.6 Å². The number of carbonyl (C=O) groups is 1. The van der Waals surface area contributed by atoms with E-state index in [9.17, 15) is 9.90 Å². The average molecular weight is 396 g/mol. The van der Waals surface area contributed by atoms with Gasteiger partial charge in [0.2, 0.25) is 0 Å². The van der Waals surface area contributed by atoms with Crippen molar-refractivity contribution in [3.8, 4) is 11.4 Å². The molecule has 0 spiro atoms. The highest BCUT2D eigenvalue weighted by Crippen LogP contribution is 2.32. The maximum Gasteiger partial charge on any atom is 0.253 e. The summed E-state index contributed by atoms with van der Waals surface area (Å²) in [5.74, 6) is 0.0646. The Morgan fingerprint density at radius 1 is 1.21 bits per heavy atom. The molecule has 4 rings (SSSR count). The van der Waals surface area contributed by atoms with Gasteiger partial charge in [0.05, 0.1) is 22.4 Å². The number of amides is 1. The van der Waals surface area contributed by atoms with E-state index in [2.05, 4.69) is 15.4 Å². The summed E-state index contributed by atoms with van der Waals surface area (Å²) in [5, 5.41) is 18.2. The van der Waals surface area contributed by atoms with Crippen LogP contribution in [-0.4, -0.2) is 37.4 Å². The molecule has 29 heavy (non-hydrogen) atoms. The van der Waals surface area contributed by atoms with Gasteiger partial charge in [0.25, 0.3) is 5.91 Å². The minimum atomic E-state index is -2.40. The highest BCUT2D eigenvalue weighted by molar-refractivity contribution is 5.95. The summed E-state index contributed by atoms with van der Waals surface area (Å²) in [6, 6.07) is 10.6. The molecular weight excluding hydrogens is 364 g/mol. The maximum atomic E-state index is 12.7. The molecule has 0 saturated heterocycles. The van der Waals surface area contributed by atoms with Crippen LogP contribution in [0.4, 0.5) is 0 Å². The normalized spacial score (nSPS) is 22.0. The topological polar surface area (TPSA) is 80.0 Å². The number of benzene rings is 1. The molecule has 6 nitrogen and oxygen atoms in total. The van der Waals surface area contributed by atoms with Crippen molar-refractivity contribution in [2.24, 2.45) is 12.9 Å². The first-order valence-corrected chi connectivity index (χ1v) is 10.0. The van der Waals surface area contributed by atoms with Gasteiger partial charge in [-0.1, -0.05) is 18.2 Å². The fourth-order valence-corrected chi connectivity index (χ4v) is 4.14. The van der Waals surface area contributed by atoms with Crippen molar-refractivity contribution < 1.29 is 14.0 Å². The molecule has 1 fully saturated rings. The van der Waals surface area contributed by atoms with Gasteiger partial charge in [-0.3, -0.25) is 14.5 Å². The Hall–Kier alpha value is -2.73. The molecule has 1 aliphatic carbocycles. The zero-order valence-electron chi connectivity index (χ0n) is 19.7. The number of aliphatic hydroxyl groups is 1. The van der Waals surface area contributed by atoms with Crippen LogP contribution >= 0.6 is 0 Å². The van der Waals surface area contributed by atoms with Crippen molar-refractivity contribution in [2.45, 2.75) is 51.2 Å². The van der Waals surface area contributed by atoms with E-state index in [0.29, 0.717) is 27.9 Å². The number of rotatable bonds is 4. The van der Waals surface area contributed by atoms with E-state index in [1.54, 1.807) is 24.3 Å². The molecule has 1 aromatic carbocycles. The van der Waals surface area contributed by atoms with Crippen molar-refractivity contribution in [3.05, 3.63) is 48.2 Å². The third-order valence-corrected chi connectivity index (χ3v) is 5.92.